The molecule has 1 aliphatic rings. The molecule has 3 N–H and O–H groups in total. The topological polar surface area (TPSA) is 132 Å². The second-order valence-corrected chi connectivity index (χ2v) is 9.83. The molecule has 10 heteroatoms. The molecule has 1 heterocycles. The Morgan fingerprint density at radius 1 is 0.952 bits per heavy atom. The van der Waals surface area contributed by atoms with Gasteiger partial charge in [-0.15, -0.1) is 0 Å². The molecule has 4 rings (SSSR count). The molecular formula is C32H35N3O7. The number of ether oxygens (including phenoxy) is 3. The van der Waals surface area contributed by atoms with Crippen LogP contribution in [0.15, 0.2) is 78.9 Å². The Morgan fingerprint density at radius 3 is 2.48 bits per heavy atom. The zero-order valence-corrected chi connectivity index (χ0v) is 23.5. The third-order valence-corrected chi connectivity index (χ3v) is 6.83. The van der Waals surface area contributed by atoms with Crippen molar-refractivity contribution >= 4 is 29.6 Å². The molecule has 0 saturated heterocycles. The summed E-state index contributed by atoms with van der Waals surface area (Å²) < 4.78 is 15.8. The smallest absolute Gasteiger partial charge is 0.407 e. The number of benzene rings is 3. The SMILES string of the molecule is COC(=O)CCc1ccccc1NC(=O)[C@H](CCCNC(=O)OCc1ccccc1)NC(=O)C1Cc2ccccc2O1. The highest BCUT2D eigenvalue weighted by atomic mass is 16.5. The second-order valence-electron chi connectivity index (χ2n) is 9.83. The number of fused-ring (bicyclic) bond motifs is 1. The fraction of sp³-hybridized carbons (Fsp3) is 0.312. The minimum absolute atomic E-state index is 0.146. The van der Waals surface area contributed by atoms with Crippen molar-refractivity contribution in [2.75, 3.05) is 19.0 Å². The number of para-hydroxylation sites is 2. The summed E-state index contributed by atoms with van der Waals surface area (Å²) in [5.74, 6) is -0.526. The van der Waals surface area contributed by atoms with Crippen molar-refractivity contribution in [3.8, 4) is 5.75 Å². The third-order valence-electron chi connectivity index (χ3n) is 6.83. The van der Waals surface area contributed by atoms with Crippen LogP contribution in [0.3, 0.4) is 0 Å². The van der Waals surface area contributed by atoms with Gasteiger partial charge in [0.05, 0.1) is 7.11 Å². The molecule has 1 aliphatic heterocycles. The number of anilines is 1. The zero-order valence-electron chi connectivity index (χ0n) is 23.5. The average Bonchev–Trinajstić information content (AvgIpc) is 3.46. The monoisotopic (exact) mass is 573 g/mol. The number of aryl methyl sites for hydroxylation is 1. The molecule has 0 aromatic heterocycles. The van der Waals surface area contributed by atoms with Gasteiger partial charge in [-0.25, -0.2) is 4.79 Å². The predicted molar refractivity (Wildman–Crippen MR) is 156 cm³/mol. The molecule has 0 bridgehead atoms. The van der Waals surface area contributed by atoms with E-state index in [9.17, 15) is 19.2 Å². The van der Waals surface area contributed by atoms with Gasteiger partial charge in [0.15, 0.2) is 6.10 Å². The summed E-state index contributed by atoms with van der Waals surface area (Å²) in [5, 5.41) is 8.41. The first-order valence-corrected chi connectivity index (χ1v) is 13.9. The quantitative estimate of drug-likeness (QED) is 0.209. The molecule has 220 valence electrons. The zero-order chi connectivity index (χ0) is 29.7. The van der Waals surface area contributed by atoms with Gasteiger partial charge in [0.1, 0.15) is 18.4 Å². The minimum Gasteiger partial charge on any atom is -0.480 e. The predicted octanol–water partition coefficient (Wildman–Crippen LogP) is 3.93. The van der Waals surface area contributed by atoms with E-state index in [1.165, 1.54) is 7.11 Å². The highest BCUT2D eigenvalue weighted by Gasteiger charge is 2.32. The molecule has 0 aliphatic carbocycles. The first-order valence-electron chi connectivity index (χ1n) is 13.9. The number of hydrogen-bond donors (Lipinski definition) is 3. The minimum atomic E-state index is -0.902. The second kappa shape index (κ2) is 15.2. The third kappa shape index (κ3) is 8.82. The van der Waals surface area contributed by atoms with Crippen molar-refractivity contribution in [1.29, 1.82) is 0 Å². The van der Waals surface area contributed by atoms with E-state index in [0.29, 0.717) is 30.7 Å². The molecule has 10 nitrogen and oxygen atoms in total. The Morgan fingerprint density at radius 2 is 1.69 bits per heavy atom. The van der Waals surface area contributed by atoms with Crippen LogP contribution in [0.4, 0.5) is 10.5 Å². The van der Waals surface area contributed by atoms with Gasteiger partial charge in [0, 0.05) is 25.1 Å². The lowest BCUT2D eigenvalue weighted by atomic mass is 10.1. The van der Waals surface area contributed by atoms with Gasteiger partial charge in [-0.05, 0) is 48.1 Å². The van der Waals surface area contributed by atoms with Crippen LogP contribution in [0.1, 0.15) is 36.0 Å². The number of rotatable bonds is 13. The Kier molecular flexibility index (Phi) is 10.9. The van der Waals surface area contributed by atoms with Crippen LogP contribution < -0.4 is 20.7 Å². The Labute approximate surface area is 244 Å². The number of hydrogen-bond acceptors (Lipinski definition) is 7. The summed E-state index contributed by atoms with van der Waals surface area (Å²) in [7, 11) is 1.33. The van der Waals surface area contributed by atoms with Gasteiger partial charge in [0.2, 0.25) is 5.91 Å². The summed E-state index contributed by atoms with van der Waals surface area (Å²) in [5.41, 5.74) is 3.10. The number of methoxy groups -OCH3 is 1. The Hall–Kier alpha value is -4.86. The number of alkyl carbamates (subject to hydrolysis) is 1. The van der Waals surface area contributed by atoms with Gasteiger partial charge in [-0.1, -0.05) is 66.7 Å². The number of carbonyl (C=O) groups excluding carboxylic acids is 4. The number of nitrogens with one attached hydrogen (secondary N) is 3. The summed E-state index contributed by atoms with van der Waals surface area (Å²) in [6.07, 6.45) is 0.270. The fourth-order valence-electron chi connectivity index (χ4n) is 4.55. The Bertz CT molecular complexity index is 1350. The first kappa shape index (κ1) is 30.1. The molecule has 3 aromatic carbocycles. The molecule has 0 spiro atoms. The van der Waals surface area contributed by atoms with E-state index in [1.807, 2.05) is 60.7 Å². The molecule has 2 atom stereocenters. The average molecular weight is 574 g/mol. The van der Waals surface area contributed by atoms with Gasteiger partial charge < -0.3 is 30.2 Å². The van der Waals surface area contributed by atoms with Crippen molar-refractivity contribution in [1.82, 2.24) is 10.6 Å². The standard InChI is InChI=1S/C32H35N3O7/c1-40-29(36)18-17-23-12-5-7-14-25(23)34-30(37)26(35-31(38)28-20-24-13-6-8-16-27(24)42-28)15-9-19-33-32(39)41-21-22-10-3-2-4-11-22/h2-8,10-14,16,26,28H,9,15,17-21H2,1H3,(H,33,39)(H,34,37)(H,35,38)/t26-,28?/m0/s1. The van der Waals surface area contributed by atoms with Crippen LogP contribution in [0.5, 0.6) is 5.75 Å². The van der Waals surface area contributed by atoms with Crippen LogP contribution >= 0.6 is 0 Å². The van der Waals surface area contributed by atoms with E-state index >= 15 is 0 Å². The van der Waals surface area contributed by atoms with Gasteiger partial charge in [0.25, 0.3) is 5.91 Å². The summed E-state index contributed by atoms with van der Waals surface area (Å²) >= 11 is 0. The van der Waals surface area contributed by atoms with E-state index in [1.54, 1.807) is 18.2 Å². The molecule has 0 fully saturated rings. The van der Waals surface area contributed by atoms with Crippen molar-refractivity contribution in [3.05, 3.63) is 95.6 Å². The van der Waals surface area contributed by atoms with Crippen molar-refractivity contribution in [3.63, 3.8) is 0 Å². The Balaban J connectivity index is 1.35. The van der Waals surface area contributed by atoms with Crippen LogP contribution in [0.2, 0.25) is 0 Å². The van der Waals surface area contributed by atoms with Crippen molar-refractivity contribution < 1.29 is 33.4 Å². The number of carbonyl (C=O) groups is 4. The van der Waals surface area contributed by atoms with Gasteiger partial charge in [-0.3, -0.25) is 14.4 Å². The van der Waals surface area contributed by atoms with E-state index < -0.39 is 30.1 Å². The lowest BCUT2D eigenvalue weighted by Crippen LogP contribution is -2.49. The van der Waals surface area contributed by atoms with Gasteiger partial charge >= 0.3 is 12.1 Å². The molecule has 42 heavy (non-hydrogen) atoms. The van der Waals surface area contributed by atoms with E-state index in [4.69, 9.17) is 14.2 Å². The van der Waals surface area contributed by atoms with Crippen LogP contribution in [0.25, 0.3) is 0 Å². The lowest BCUT2D eigenvalue weighted by Gasteiger charge is -2.21. The van der Waals surface area contributed by atoms with Crippen LogP contribution in [-0.4, -0.2) is 49.7 Å². The molecule has 1 unspecified atom stereocenters. The maximum Gasteiger partial charge on any atom is 0.407 e. The molecule has 3 aromatic rings. The van der Waals surface area contributed by atoms with Crippen LogP contribution in [0, 0.1) is 0 Å². The largest absolute Gasteiger partial charge is 0.480 e. The molecule has 3 amide bonds. The van der Waals surface area contributed by atoms with Crippen LogP contribution in [-0.2, 0) is 43.3 Å². The van der Waals surface area contributed by atoms with E-state index in [2.05, 4.69) is 16.0 Å². The first-order chi connectivity index (χ1) is 20.4. The van der Waals surface area contributed by atoms with Crippen molar-refractivity contribution in [2.45, 2.75) is 50.9 Å². The number of esters is 1. The summed E-state index contributed by atoms with van der Waals surface area (Å²) in [4.78, 5) is 50.4. The number of amides is 3. The molecule has 0 saturated carbocycles. The normalized spacial score (nSPS) is 14.1. The summed E-state index contributed by atoms with van der Waals surface area (Å²) in [6.45, 7) is 0.390. The maximum absolute atomic E-state index is 13.4. The molecular weight excluding hydrogens is 538 g/mol. The van der Waals surface area contributed by atoms with E-state index in [-0.39, 0.29) is 32.0 Å². The van der Waals surface area contributed by atoms with E-state index in [0.717, 1.165) is 16.7 Å². The summed E-state index contributed by atoms with van der Waals surface area (Å²) in [6, 6.07) is 23.0. The maximum atomic E-state index is 13.4. The highest BCUT2D eigenvalue weighted by molar-refractivity contribution is 5.98. The van der Waals surface area contributed by atoms with Gasteiger partial charge in [-0.2, -0.15) is 0 Å². The highest BCUT2D eigenvalue weighted by Crippen LogP contribution is 2.28. The fourth-order valence-corrected chi connectivity index (χ4v) is 4.55. The lowest BCUT2D eigenvalue weighted by molar-refractivity contribution is -0.140. The molecule has 0 radical (unpaired) electrons. The van der Waals surface area contributed by atoms with Crippen molar-refractivity contribution in [2.24, 2.45) is 0 Å².